The van der Waals surface area contributed by atoms with Crippen LogP contribution in [0.15, 0.2) is 60.7 Å². The monoisotopic (exact) mass is 415 g/mol. The van der Waals surface area contributed by atoms with Crippen LogP contribution in [0.4, 0.5) is 8.78 Å². The normalized spacial score (nSPS) is 22.9. The summed E-state index contributed by atoms with van der Waals surface area (Å²) >= 11 is 0. The highest BCUT2D eigenvalue weighted by molar-refractivity contribution is 5.91. The van der Waals surface area contributed by atoms with Crippen LogP contribution in [0.2, 0.25) is 0 Å². The molecule has 0 N–H and O–H groups in total. The van der Waals surface area contributed by atoms with Crippen LogP contribution in [0, 0.1) is 46.6 Å². The minimum absolute atomic E-state index is 0.257. The summed E-state index contributed by atoms with van der Waals surface area (Å²) < 4.78 is 32.4. The Hall–Kier alpha value is -3.52. The number of fused-ring (bicyclic) bond motifs is 1. The van der Waals surface area contributed by atoms with Crippen molar-refractivity contribution in [3.63, 3.8) is 0 Å². The molecule has 3 aromatic carbocycles. The summed E-state index contributed by atoms with van der Waals surface area (Å²) in [5.41, 5.74) is 2.91. The Morgan fingerprint density at radius 3 is 2.03 bits per heavy atom. The molecule has 0 radical (unpaired) electrons. The Bertz CT molecular complexity index is 1180. The van der Waals surface area contributed by atoms with E-state index in [9.17, 15) is 13.6 Å². The number of carbonyl (C=O) groups is 1. The van der Waals surface area contributed by atoms with E-state index in [2.05, 4.69) is 31.2 Å². The van der Waals surface area contributed by atoms with Gasteiger partial charge in [-0.1, -0.05) is 43.3 Å². The first-order chi connectivity index (χ1) is 15.0. The van der Waals surface area contributed by atoms with Gasteiger partial charge in [0.1, 0.15) is 29.0 Å². The van der Waals surface area contributed by atoms with E-state index in [0.717, 1.165) is 53.4 Å². The van der Waals surface area contributed by atoms with Gasteiger partial charge >= 0.3 is 5.97 Å². The molecule has 2 fully saturated rings. The quantitative estimate of drug-likeness (QED) is 0.392. The standard InChI is InChI=1S/C26H19F2NO2/c1-14-24-20(25(14)24)10-15-2-4-16(5-3-15)17-6-8-18(9-7-17)26(30)31-19-11-22(27)21(13-29)23(28)12-19/h2-9,11-12,14,20,24-25H,10H2,1H3. The SMILES string of the molecule is CC1C2C(Cc3ccc(-c4ccc(C(=O)Oc5cc(F)c(C#N)c(F)c5)cc4)cc3)C12. The molecule has 154 valence electrons. The second-order valence-electron chi connectivity index (χ2n) is 8.42. The molecule has 3 nitrogen and oxygen atoms in total. The molecule has 3 aromatic rings. The van der Waals surface area contributed by atoms with Gasteiger partial charge in [-0.3, -0.25) is 0 Å². The predicted molar refractivity (Wildman–Crippen MR) is 111 cm³/mol. The van der Waals surface area contributed by atoms with Crippen molar-refractivity contribution in [2.75, 3.05) is 0 Å². The van der Waals surface area contributed by atoms with Gasteiger partial charge in [-0.15, -0.1) is 0 Å². The molecule has 2 unspecified atom stereocenters. The molecule has 2 saturated carbocycles. The second-order valence-corrected chi connectivity index (χ2v) is 8.42. The third-order valence-electron chi connectivity index (χ3n) is 6.58. The molecule has 0 amide bonds. The largest absolute Gasteiger partial charge is 0.423 e. The van der Waals surface area contributed by atoms with E-state index in [1.807, 2.05) is 12.1 Å². The predicted octanol–water partition coefficient (Wildman–Crippen LogP) is 5.78. The molecule has 5 rings (SSSR count). The van der Waals surface area contributed by atoms with Crippen molar-refractivity contribution in [3.8, 4) is 22.9 Å². The average molecular weight is 415 g/mol. The van der Waals surface area contributed by atoms with Gasteiger partial charge in [0.05, 0.1) is 5.56 Å². The molecule has 0 heterocycles. The topological polar surface area (TPSA) is 50.1 Å². The van der Waals surface area contributed by atoms with Gasteiger partial charge in [0.2, 0.25) is 0 Å². The summed E-state index contributed by atoms with van der Waals surface area (Å²) in [4.78, 5) is 12.3. The number of nitriles is 1. The minimum atomic E-state index is -1.07. The Morgan fingerprint density at radius 2 is 1.52 bits per heavy atom. The number of halogens is 2. The van der Waals surface area contributed by atoms with Crippen LogP contribution in [0.25, 0.3) is 11.1 Å². The fraction of sp³-hybridized carbons (Fsp3) is 0.231. The average Bonchev–Trinajstić information content (AvgIpc) is 3.66. The maximum absolute atomic E-state index is 13.7. The highest BCUT2D eigenvalue weighted by Gasteiger charge is 2.69. The lowest BCUT2D eigenvalue weighted by Gasteiger charge is -2.09. The first-order valence-electron chi connectivity index (χ1n) is 10.3. The molecule has 5 heteroatoms. The number of hydrogen-bond acceptors (Lipinski definition) is 3. The Balaban J connectivity index is 1.24. The molecular formula is C26H19F2NO2. The Labute approximate surface area is 178 Å². The number of esters is 1. The van der Waals surface area contributed by atoms with Crippen LogP contribution >= 0.6 is 0 Å². The molecule has 2 aliphatic rings. The Kier molecular flexibility index (Phi) is 4.59. The molecular weight excluding hydrogens is 396 g/mol. The van der Waals surface area contributed by atoms with E-state index in [-0.39, 0.29) is 11.3 Å². The van der Waals surface area contributed by atoms with Gasteiger partial charge in [0.25, 0.3) is 0 Å². The third kappa shape index (κ3) is 3.59. The summed E-state index contributed by atoms with van der Waals surface area (Å²) in [5, 5.41) is 8.71. The maximum atomic E-state index is 13.7. The van der Waals surface area contributed by atoms with Gasteiger partial charge < -0.3 is 4.74 Å². The van der Waals surface area contributed by atoms with Crippen molar-refractivity contribution < 1.29 is 18.3 Å². The number of ether oxygens (including phenoxy) is 1. The van der Waals surface area contributed by atoms with Gasteiger partial charge in [0.15, 0.2) is 0 Å². The smallest absolute Gasteiger partial charge is 0.343 e. The van der Waals surface area contributed by atoms with Gasteiger partial charge in [-0.2, -0.15) is 5.26 Å². The molecule has 2 aliphatic carbocycles. The van der Waals surface area contributed by atoms with Crippen LogP contribution in [-0.2, 0) is 6.42 Å². The van der Waals surface area contributed by atoms with Crippen LogP contribution in [0.1, 0.15) is 28.4 Å². The molecule has 31 heavy (non-hydrogen) atoms. The highest BCUT2D eigenvalue weighted by atomic mass is 19.1. The summed E-state index contributed by atoms with van der Waals surface area (Å²) in [7, 11) is 0. The number of nitrogens with zero attached hydrogens (tertiary/aromatic N) is 1. The lowest BCUT2D eigenvalue weighted by molar-refractivity contribution is 0.0734. The zero-order valence-corrected chi connectivity index (χ0v) is 16.8. The fourth-order valence-electron chi connectivity index (χ4n) is 4.65. The number of carbonyl (C=O) groups excluding carboxylic acids is 1. The highest BCUT2D eigenvalue weighted by Crippen LogP contribution is 2.73. The molecule has 2 atom stereocenters. The van der Waals surface area contributed by atoms with Gasteiger partial charge in [-0.05, 0) is 58.9 Å². The molecule has 0 saturated heterocycles. The van der Waals surface area contributed by atoms with Crippen molar-refractivity contribution in [3.05, 3.63) is 89.0 Å². The van der Waals surface area contributed by atoms with Gasteiger partial charge in [-0.25, -0.2) is 13.6 Å². The van der Waals surface area contributed by atoms with E-state index in [4.69, 9.17) is 10.00 Å². The van der Waals surface area contributed by atoms with Crippen LogP contribution in [0.3, 0.4) is 0 Å². The van der Waals surface area contributed by atoms with Crippen LogP contribution < -0.4 is 4.74 Å². The number of benzene rings is 3. The first kappa shape index (κ1) is 19.4. The van der Waals surface area contributed by atoms with Crippen molar-refractivity contribution in [2.45, 2.75) is 13.3 Å². The summed E-state index contributed by atoms with van der Waals surface area (Å²) in [5.74, 6) is 0.570. The van der Waals surface area contributed by atoms with E-state index >= 15 is 0 Å². The fourth-order valence-corrected chi connectivity index (χ4v) is 4.65. The van der Waals surface area contributed by atoms with E-state index in [1.54, 1.807) is 12.1 Å². The van der Waals surface area contributed by atoms with Crippen molar-refractivity contribution >= 4 is 5.97 Å². The van der Waals surface area contributed by atoms with Crippen LogP contribution in [-0.4, -0.2) is 5.97 Å². The lowest BCUT2D eigenvalue weighted by atomic mass is 9.96. The van der Waals surface area contributed by atoms with Gasteiger partial charge in [0, 0.05) is 12.1 Å². The minimum Gasteiger partial charge on any atom is -0.423 e. The Morgan fingerprint density at radius 1 is 0.968 bits per heavy atom. The molecule has 0 spiro atoms. The number of rotatable bonds is 5. The van der Waals surface area contributed by atoms with Crippen LogP contribution in [0.5, 0.6) is 5.75 Å². The molecule has 0 bridgehead atoms. The lowest BCUT2D eigenvalue weighted by Crippen LogP contribution is -2.09. The van der Waals surface area contributed by atoms with Crippen molar-refractivity contribution in [2.24, 2.45) is 23.7 Å². The van der Waals surface area contributed by atoms with E-state index in [1.165, 1.54) is 11.6 Å². The summed E-state index contributed by atoms with van der Waals surface area (Å²) in [6, 6.07) is 18.4. The number of hydrogen-bond donors (Lipinski definition) is 0. The zero-order valence-electron chi connectivity index (χ0n) is 16.8. The van der Waals surface area contributed by atoms with E-state index in [0.29, 0.717) is 0 Å². The first-order valence-corrected chi connectivity index (χ1v) is 10.3. The third-order valence-corrected chi connectivity index (χ3v) is 6.58. The molecule has 0 aromatic heterocycles. The second kappa shape index (κ2) is 7.31. The van der Waals surface area contributed by atoms with Crippen molar-refractivity contribution in [1.29, 1.82) is 5.26 Å². The van der Waals surface area contributed by atoms with Crippen molar-refractivity contribution in [1.82, 2.24) is 0 Å². The molecule has 0 aliphatic heterocycles. The summed E-state index contributed by atoms with van der Waals surface area (Å²) in [6.45, 7) is 2.33. The maximum Gasteiger partial charge on any atom is 0.343 e. The summed E-state index contributed by atoms with van der Waals surface area (Å²) in [6.07, 6.45) is 1.15. The van der Waals surface area contributed by atoms with E-state index < -0.39 is 23.2 Å². The zero-order chi connectivity index (χ0) is 21.7.